The zero-order chi connectivity index (χ0) is 18.8. The second-order valence-electron chi connectivity index (χ2n) is 5.77. The van der Waals surface area contributed by atoms with E-state index in [0.717, 1.165) is 23.1 Å². The summed E-state index contributed by atoms with van der Waals surface area (Å²) in [6, 6.07) is 10.0. The summed E-state index contributed by atoms with van der Waals surface area (Å²) in [4.78, 5) is 15.3. The van der Waals surface area contributed by atoms with Gasteiger partial charge in [-0.3, -0.25) is 4.79 Å². The van der Waals surface area contributed by atoms with Gasteiger partial charge < -0.3 is 16.8 Å². The van der Waals surface area contributed by atoms with Crippen molar-refractivity contribution in [3.8, 4) is 0 Å². The van der Waals surface area contributed by atoms with E-state index < -0.39 is 15.7 Å². The average molecular weight is 360 g/mol. The molecule has 0 saturated heterocycles. The maximum atomic E-state index is 12.1. The first-order valence-corrected chi connectivity index (χ1v) is 9.29. The number of aryl methyl sites for hydroxylation is 2. The molecular weight excluding hydrogens is 340 g/mol. The molecule has 0 spiro atoms. The summed E-state index contributed by atoms with van der Waals surface area (Å²) in [5.74, 6) is -1.09. The van der Waals surface area contributed by atoms with Crippen LogP contribution >= 0.6 is 0 Å². The molecule has 0 atom stereocenters. The van der Waals surface area contributed by atoms with Crippen LogP contribution in [0, 0.1) is 13.8 Å². The lowest BCUT2D eigenvalue weighted by atomic mass is 10.1. The van der Waals surface area contributed by atoms with E-state index in [4.69, 9.17) is 11.5 Å². The second kappa shape index (κ2) is 6.94. The summed E-state index contributed by atoms with van der Waals surface area (Å²) in [6.45, 7) is 3.90. The number of carbonyl (C=O) groups is 1. The lowest BCUT2D eigenvalue weighted by Crippen LogP contribution is -2.24. The number of nitrogens with zero attached hydrogens (tertiary/aromatic N) is 1. The lowest BCUT2D eigenvalue weighted by molar-refractivity contribution is 0.100. The number of aliphatic imine (C=N–C) groups is 1. The fourth-order valence-electron chi connectivity index (χ4n) is 2.35. The molecule has 7 nitrogen and oxygen atoms in total. The van der Waals surface area contributed by atoms with E-state index >= 15 is 0 Å². The third-order valence-corrected chi connectivity index (χ3v) is 4.65. The summed E-state index contributed by atoms with van der Waals surface area (Å²) in [5, 5.41) is 3.11. The minimum absolute atomic E-state index is 0.0101. The highest BCUT2D eigenvalue weighted by atomic mass is 32.2. The molecule has 0 aliphatic heterocycles. The smallest absolute Gasteiger partial charge is 0.280 e. The van der Waals surface area contributed by atoms with Gasteiger partial charge in [0.2, 0.25) is 0 Å². The highest BCUT2D eigenvalue weighted by Gasteiger charge is 2.17. The summed E-state index contributed by atoms with van der Waals surface area (Å²) in [5.41, 5.74) is 13.7. The second-order valence-corrected chi connectivity index (χ2v) is 7.75. The van der Waals surface area contributed by atoms with Gasteiger partial charge >= 0.3 is 0 Å². The Morgan fingerprint density at radius 2 is 1.68 bits per heavy atom. The van der Waals surface area contributed by atoms with Crippen molar-refractivity contribution in [1.29, 1.82) is 0 Å². The van der Waals surface area contributed by atoms with Gasteiger partial charge in [-0.05, 0) is 43.7 Å². The average Bonchev–Trinajstić information content (AvgIpc) is 2.48. The van der Waals surface area contributed by atoms with Crippen molar-refractivity contribution in [1.82, 2.24) is 0 Å². The van der Waals surface area contributed by atoms with Crippen molar-refractivity contribution in [3.05, 3.63) is 53.1 Å². The Hall–Kier alpha value is -2.87. The fourth-order valence-corrected chi connectivity index (χ4v) is 3.21. The van der Waals surface area contributed by atoms with Gasteiger partial charge in [0.05, 0.1) is 10.6 Å². The van der Waals surface area contributed by atoms with Gasteiger partial charge in [0.1, 0.15) is 0 Å². The summed E-state index contributed by atoms with van der Waals surface area (Å²) < 4.78 is 24.3. The minimum atomic E-state index is -3.58. The predicted octanol–water partition coefficient (Wildman–Crippen LogP) is 1.86. The Morgan fingerprint density at radius 3 is 2.24 bits per heavy atom. The van der Waals surface area contributed by atoms with Gasteiger partial charge in [-0.2, -0.15) is 4.99 Å². The molecule has 0 saturated carbocycles. The molecule has 0 aliphatic carbocycles. The third-order valence-electron chi connectivity index (χ3n) is 3.51. The first-order valence-electron chi connectivity index (χ1n) is 7.40. The van der Waals surface area contributed by atoms with E-state index in [0.29, 0.717) is 5.69 Å². The van der Waals surface area contributed by atoms with Crippen LogP contribution < -0.4 is 16.8 Å². The van der Waals surface area contributed by atoms with Crippen LogP contribution in [0.5, 0.6) is 0 Å². The lowest BCUT2D eigenvalue weighted by Gasteiger charge is -2.14. The van der Waals surface area contributed by atoms with Crippen LogP contribution in [0.25, 0.3) is 0 Å². The Bertz CT molecular complexity index is 962. The van der Waals surface area contributed by atoms with E-state index in [1.807, 2.05) is 32.0 Å². The summed E-state index contributed by atoms with van der Waals surface area (Å²) in [6.07, 6.45) is 1.07. The van der Waals surface area contributed by atoms with E-state index in [1.54, 1.807) is 0 Å². The number of nitrogens with two attached hydrogens (primary N) is 2. The molecule has 2 aromatic rings. The number of carbonyl (C=O) groups excluding carboxylic acids is 1. The van der Waals surface area contributed by atoms with Crippen LogP contribution in [0.4, 0.5) is 11.4 Å². The molecule has 2 aromatic carbocycles. The molecule has 0 heterocycles. The molecule has 132 valence electrons. The van der Waals surface area contributed by atoms with Crippen molar-refractivity contribution in [2.75, 3.05) is 11.6 Å². The van der Waals surface area contributed by atoms with Crippen LogP contribution in [0.2, 0.25) is 0 Å². The quantitative estimate of drug-likeness (QED) is 0.564. The van der Waals surface area contributed by atoms with Crippen molar-refractivity contribution in [3.63, 3.8) is 0 Å². The molecule has 0 aliphatic rings. The van der Waals surface area contributed by atoms with Gasteiger partial charge in [0.15, 0.2) is 15.8 Å². The zero-order valence-corrected chi connectivity index (χ0v) is 15.0. The van der Waals surface area contributed by atoms with Crippen molar-refractivity contribution < 1.29 is 13.2 Å². The van der Waals surface area contributed by atoms with E-state index in [-0.39, 0.29) is 16.4 Å². The Morgan fingerprint density at radius 1 is 1.04 bits per heavy atom. The van der Waals surface area contributed by atoms with E-state index in [1.165, 1.54) is 18.2 Å². The van der Waals surface area contributed by atoms with Crippen molar-refractivity contribution in [2.24, 2.45) is 16.5 Å². The number of sulfone groups is 1. The van der Waals surface area contributed by atoms with Crippen molar-refractivity contribution in [2.45, 2.75) is 18.7 Å². The monoisotopic (exact) mass is 360 g/mol. The molecule has 0 bridgehead atoms. The Kier molecular flexibility index (Phi) is 5.13. The third kappa shape index (κ3) is 4.57. The number of amides is 1. The molecule has 0 aromatic heterocycles. The van der Waals surface area contributed by atoms with Crippen molar-refractivity contribution >= 4 is 33.1 Å². The van der Waals surface area contributed by atoms with Crippen LogP contribution in [-0.4, -0.2) is 26.5 Å². The zero-order valence-electron chi connectivity index (χ0n) is 14.2. The van der Waals surface area contributed by atoms with Gasteiger partial charge in [0.25, 0.3) is 5.91 Å². The SMILES string of the molecule is Cc1ccc(Nc2ccc(C(=O)N=C(N)N)cc2S(C)(=O)=O)c(C)c1. The van der Waals surface area contributed by atoms with Gasteiger partial charge in [0, 0.05) is 17.5 Å². The number of nitrogens with one attached hydrogen (secondary N) is 1. The number of hydrogen-bond donors (Lipinski definition) is 3. The molecule has 0 fully saturated rings. The molecule has 2 rings (SSSR count). The van der Waals surface area contributed by atoms with Crippen LogP contribution in [-0.2, 0) is 9.84 Å². The summed E-state index contributed by atoms with van der Waals surface area (Å²) in [7, 11) is -3.58. The predicted molar refractivity (Wildman–Crippen MR) is 98.9 cm³/mol. The topological polar surface area (TPSA) is 128 Å². The number of hydrogen-bond acceptors (Lipinski definition) is 4. The highest BCUT2D eigenvalue weighted by molar-refractivity contribution is 7.90. The Balaban J connectivity index is 2.51. The molecule has 25 heavy (non-hydrogen) atoms. The Labute approximate surface area is 146 Å². The minimum Gasteiger partial charge on any atom is -0.370 e. The highest BCUT2D eigenvalue weighted by Crippen LogP contribution is 2.28. The molecule has 0 unspecified atom stereocenters. The van der Waals surface area contributed by atoms with E-state index in [2.05, 4.69) is 10.3 Å². The molecular formula is C17H20N4O3S. The molecule has 0 radical (unpaired) electrons. The van der Waals surface area contributed by atoms with Gasteiger partial charge in [-0.25, -0.2) is 8.42 Å². The number of anilines is 2. The van der Waals surface area contributed by atoms with Crippen LogP contribution in [0.3, 0.4) is 0 Å². The maximum Gasteiger partial charge on any atom is 0.280 e. The largest absolute Gasteiger partial charge is 0.370 e. The number of benzene rings is 2. The first kappa shape index (κ1) is 18.5. The van der Waals surface area contributed by atoms with Crippen LogP contribution in [0.15, 0.2) is 46.3 Å². The molecule has 1 amide bonds. The standard InChI is InChI=1S/C17H20N4O3S/c1-10-4-6-13(11(2)8-10)20-14-7-5-12(16(22)21-17(18)19)9-15(14)25(3,23)24/h4-9,20H,1-3H3,(H4,18,19,21,22). The maximum absolute atomic E-state index is 12.1. The molecule has 5 N–H and O–H groups in total. The van der Waals surface area contributed by atoms with Gasteiger partial charge in [-0.1, -0.05) is 17.7 Å². The fraction of sp³-hybridized carbons (Fsp3) is 0.176. The number of guanidine groups is 1. The first-order chi connectivity index (χ1) is 11.6. The summed E-state index contributed by atoms with van der Waals surface area (Å²) >= 11 is 0. The van der Waals surface area contributed by atoms with Crippen LogP contribution in [0.1, 0.15) is 21.5 Å². The normalized spacial score (nSPS) is 11.0. The van der Waals surface area contributed by atoms with Gasteiger partial charge in [-0.15, -0.1) is 0 Å². The van der Waals surface area contributed by atoms with E-state index in [9.17, 15) is 13.2 Å². The number of rotatable bonds is 4. The molecule has 8 heteroatoms.